The zero-order valence-corrected chi connectivity index (χ0v) is 7.78. The van der Waals surface area contributed by atoms with E-state index in [1.807, 2.05) is 32.0 Å². The quantitative estimate of drug-likeness (QED) is 0.718. The lowest BCUT2D eigenvalue weighted by molar-refractivity contribution is -0.105. The van der Waals surface area contributed by atoms with Crippen molar-refractivity contribution < 1.29 is 9.53 Å². The van der Waals surface area contributed by atoms with E-state index in [9.17, 15) is 4.79 Å². The molecular weight excluding hydrogens is 166 g/mol. The van der Waals surface area contributed by atoms with Crippen LogP contribution in [0.3, 0.4) is 0 Å². The number of amides is 1. The Kier molecular flexibility index (Phi) is 3.31. The molecule has 1 amide bonds. The number of benzene rings is 1. The molecule has 0 radical (unpaired) electrons. The minimum absolute atomic E-state index is 0.106. The van der Waals surface area contributed by atoms with Gasteiger partial charge in [-0.05, 0) is 26.0 Å². The summed E-state index contributed by atoms with van der Waals surface area (Å²) >= 11 is 0. The van der Waals surface area contributed by atoms with E-state index in [1.54, 1.807) is 6.07 Å². The SMILES string of the molecule is CC(C)Oc1ccccc1NC=O. The van der Waals surface area contributed by atoms with Crippen LogP contribution in [0, 0.1) is 0 Å². The maximum absolute atomic E-state index is 10.2. The summed E-state index contributed by atoms with van der Waals surface area (Å²) in [6.45, 7) is 3.88. The lowest BCUT2D eigenvalue weighted by Gasteiger charge is -2.12. The van der Waals surface area contributed by atoms with Gasteiger partial charge in [0, 0.05) is 0 Å². The smallest absolute Gasteiger partial charge is 0.211 e. The molecule has 0 fully saturated rings. The third-order valence-electron chi connectivity index (χ3n) is 1.46. The number of anilines is 1. The molecule has 70 valence electrons. The highest BCUT2D eigenvalue weighted by molar-refractivity contribution is 5.75. The van der Waals surface area contributed by atoms with Gasteiger partial charge in [-0.25, -0.2) is 0 Å². The summed E-state index contributed by atoms with van der Waals surface area (Å²) in [7, 11) is 0. The third kappa shape index (κ3) is 2.78. The Hall–Kier alpha value is -1.51. The molecule has 3 heteroatoms. The molecule has 1 aromatic carbocycles. The van der Waals surface area contributed by atoms with Crippen LogP contribution in [0.2, 0.25) is 0 Å². The van der Waals surface area contributed by atoms with Crippen molar-refractivity contribution in [2.75, 3.05) is 5.32 Å². The number of para-hydroxylation sites is 2. The Labute approximate surface area is 77.7 Å². The molecule has 0 aromatic heterocycles. The normalized spacial score (nSPS) is 9.77. The largest absolute Gasteiger partial charge is 0.489 e. The first-order chi connectivity index (χ1) is 6.24. The lowest BCUT2D eigenvalue weighted by atomic mass is 10.3. The van der Waals surface area contributed by atoms with Gasteiger partial charge in [0.1, 0.15) is 5.75 Å². The minimum Gasteiger partial charge on any atom is -0.489 e. The van der Waals surface area contributed by atoms with Crippen molar-refractivity contribution in [3.63, 3.8) is 0 Å². The summed E-state index contributed by atoms with van der Waals surface area (Å²) in [5.41, 5.74) is 0.700. The van der Waals surface area contributed by atoms with Crippen molar-refractivity contribution in [1.29, 1.82) is 0 Å². The van der Waals surface area contributed by atoms with Gasteiger partial charge < -0.3 is 10.1 Å². The fourth-order valence-electron chi connectivity index (χ4n) is 1.01. The molecule has 0 aliphatic rings. The summed E-state index contributed by atoms with van der Waals surface area (Å²) in [5, 5.41) is 2.58. The van der Waals surface area contributed by atoms with Crippen molar-refractivity contribution in [2.24, 2.45) is 0 Å². The summed E-state index contributed by atoms with van der Waals surface area (Å²) in [5.74, 6) is 0.699. The van der Waals surface area contributed by atoms with Gasteiger partial charge in [0.05, 0.1) is 11.8 Å². The number of carbonyl (C=O) groups is 1. The predicted octanol–water partition coefficient (Wildman–Crippen LogP) is 2.04. The lowest BCUT2D eigenvalue weighted by Crippen LogP contribution is -2.07. The fraction of sp³-hybridized carbons (Fsp3) is 0.300. The monoisotopic (exact) mass is 179 g/mol. The molecule has 0 saturated heterocycles. The van der Waals surface area contributed by atoms with E-state index >= 15 is 0 Å². The second-order valence-corrected chi connectivity index (χ2v) is 2.92. The van der Waals surface area contributed by atoms with Crippen LogP contribution in [0.1, 0.15) is 13.8 Å². The standard InChI is InChI=1S/C10H13NO2/c1-8(2)13-10-6-4-3-5-9(10)11-7-12/h3-8H,1-2H3,(H,11,12). The summed E-state index contributed by atoms with van der Waals surface area (Å²) < 4.78 is 5.48. The second-order valence-electron chi connectivity index (χ2n) is 2.92. The zero-order valence-electron chi connectivity index (χ0n) is 7.78. The molecule has 1 N–H and O–H groups in total. The van der Waals surface area contributed by atoms with Gasteiger partial charge in [0.25, 0.3) is 0 Å². The molecule has 0 spiro atoms. The highest BCUT2D eigenvalue weighted by atomic mass is 16.5. The van der Waals surface area contributed by atoms with Crippen LogP contribution in [0.15, 0.2) is 24.3 Å². The molecule has 0 atom stereocenters. The zero-order chi connectivity index (χ0) is 9.68. The van der Waals surface area contributed by atoms with Gasteiger partial charge in [-0.1, -0.05) is 12.1 Å². The fourth-order valence-corrected chi connectivity index (χ4v) is 1.01. The number of hydrogen-bond acceptors (Lipinski definition) is 2. The number of carbonyl (C=O) groups excluding carboxylic acids is 1. The maximum Gasteiger partial charge on any atom is 0.211 e. The van der Waals surface area contributed by atoms with Gasteiger partial charge in [0.2, 0.25) is 6.41 Å². The highest BCUT2D eigenvalue weighted by Gasteiger charge is 2.02. The van der Waals surface area contributed by atoms with E-state index in [0.29, 0.717) is 17.8 Å². The Morgan fingerprint density at radius 3 is 2.69 bits per heavy atom. The van der Waals surface area contributed by atoms with Crippen molar-refractivity contribution in [2.45, 2.75) is 20.0 Å². The Morgan fingerprint density at radius 2 is 2.08 bits per heavy atom. The molecule has 1 rings (SSSR count). The first-order valence-electron chi connectivity index (χ1n) is 4.20. The average Bonchev–Trinajstić information content (AvgIpc) is 2.08. The third-order valence-corrected chi connectivity index (χ3v) is 1.46. The number of hydrogen-bond donors (Lipinski definition) is 1. The topological polar surface area (TPSA) is 38.3 Å². The molecular formula is C10H13NO2. The van der Waals surface area contributed by atoms with Crippen LogP contribution < -0.4 is 10.1 Å². The molecule has 3 nitrogen and oxygen atoms in total. The number of nitrogens with one attached hydrogen (secondary N) is 1. The molecule has 1 aromatic rings. The summed E-state index contributed by atoms with van der Waals surface area (Å²) in [6.07, 6.45) is 0.748. The van der Waals surface area contributed by atoms with Gasteiger partial charge in [0.15, 0.2) is 0 Å². The van der Waals surface area contributed by atoms with Crippen LogP contribution in [0.25, 0.3) is 0 Å². The minimum atomic E-state index is 0.106. The second kappa shape index (κ2) is 4.50. The first-order valence-corrected chi connectivity index (χ1v) is 4.20. The van der Waals surface area contributed by atoms with Crippen LogP contribution in [-0.4, -0.2) is 12.5 Å². The van der Waals surface area contributed by atoms with Crippen LogP contribution >= 0.6 is 0 Å². The molecule has 0 aliphatic heterocycles. The Morgan fingerprint density at radius 1 is 1.38 bits per heavy atom. The molecule has 0 saturated carbocycles. The maximum atomic E-state index is 10.2. The number of rotatable bonds is 4. The van der Waals surface area contributed by atoms with E-state index in [0.717, 1.165) is 0 Å². The summed E-state index contributed by atoms with van der Waals surface area (Å²) in [6, 6.07) is 7.34. The van der Waals surface area contributed by atoms with Crippen molar-refractivity contribution in [1.82, 2.24) is 0 Å². The molecule has 0 heterocycles. The molecule has 0 unspecified atom stereocenters. The van der Waals surface area contributed by atoms with Crippen LogP contribution in [0.5, 0.6) is 5.75 Å². The summed E-state index contributed by atoms with van der Waals surface area (Å²) in [4.78, 5) is 10.2. The average molecular weight is 179 g/mol. The van der Waals surface area contributed by atoms with Crippen LogP contribution in [-0.2, 0) is 4.79 Å². The predicted molar refractivity (Wildman–Crippen MR) is 51.9 cm³/mol. The van der Waals surface area contributed by atoms with Crippen LogP contribution in [0.4, 0.5) is 5.69 Å². The van der Waals surface area contributed by atoms with E-state index in [4.69, 9.17) is 4.74 Å². The Balaban J connectivity index is 2.83. The highest BCUT2D eigenvalue weighted by Crippen LogP contribution is 2.23. The van der Waals surface area contributed by atoms with Gasteiger partial charge >= 0.3 is 0 Å². The molecule has 0 bridgehead atoms. The van der Waals surface area contributed by atoms with Gasteiger partial charge in [-0.15, -0.1) is 0 Å². The van der Waals surface area contributed by atoms with Gasteiger partial charge in [-0.3, -0.25) is 4.79 Å². The Bertz CT molecular complexity index is 284. The number of ether oxygens (including phenoxy) is 1. The first kappa shape index (κ1) is 9.58. The van der Waals surface area contributed by atoms with E-state index < -0.39 is 0 Å². The molecule has 13 heavy (non-hydrogen) atoms. The van der Waals surface area contributed by atoms with Crippen molar-refractivity contribution >= 4 is 12.1 Å². The van der Waals surface area contributed by atoms with E-state index in [-0.39, 0.29) is 6.10 Å². The van der Waals surface area contributed by atoms with Gasteiger partial charge in [-0.2, -0.15) is 0 Å². The van der Waals surface area contributed by atoms with Crippen molar-refractivity contribution in [3.05, 3.63) is 24.3 Å². The van der Waals surface area contributed by atoms with E-state index in [2.05, 4.69) is 5.32 Å². The van der Waals surface area contributed by atoms with E-state index in [1.165, 1.54) is 0 Å². The van der Waals surface area contributed by atoms with Crippen molar-refractivity contribution in [3.8, 4) is 5.75 Å². The molecule has 0 aliphatic carbocycles.